The van der Waals surface area contributed by atoms with Gasteiger partial charge in [-0.05, 0) is 48.2 Å². The number of nitro benzene ring substituents is 1. The van der Waals surface area contributed by atoms with Crippen molar-refractivity contribution in [2.24, 2.45) is 0 Å². The average molecular weight is 432 g/mol. The summed E-state index contributed by atoms with van der Waals surface area (Å²) < 4.78 is 11.0. The molecule has 1 unspecified atom stereocenters. The summed E-state index contributed by atoms with van der Waals surface area (Å²) in [5, 5.41) is 11.4. The van der Waals surface area contributed by atoms with E-state index in [0.29, 0.717) is 35.6 Å². The summed E-state index contributed by atoms with van der Waals surface area (Å²) >= 11 is 0. The SMILES string of the molecule is COc1cc2c(cc1OC)C(c1ccccc1)N(C(=O)c1ccc(C)c([N+](=O)[O-])c1)CC2. The Morgan fingerprint density at radius 1 is 1.03 bits per heavy atom. The van der Waals surface area contributed by atoms with Crippen LogP contribution in [0.5, 0.6) is 11.5 Å². The maximum Gasteiger partial charge on any atom is 0.273 e. The topological polar surface area (TPSA) is 81.9 Å². The Morgan fingerprint density at radius 3 is 2.38 bits per heavy atom. The maximum atomic E-state index is 13.6. The molecular formula is C25H24N2O5. The summed E-state index contributed by atoms with van der Waals surface area (Å²) in [5.41, 5.74) is 3.75. The minimum atomic E-state index is -0.455. The van der Waals surface area contributed by atoms with Gasteiger partial charge in [0.15, 0.2) is 11.5 Å². The first-order valence-electron chi connectivity index (χ1n) is 10.3. The molecule has 0 saturated heterocycles. The fourth-order valence-corrected chi connectivity index (χ4v) is 4.26. The van der Waals surface area contributed by atoms with Crippen molar-refractivity contribution in [2.45, 2.75) is 19.4 Å². The molecule has 0 aromatic heterocycles. The number of nitro groups is 1. The highest BCUT2D eigenvalue weighted by atomic mass is 16.6. The first-order valence-corrected chi connectivity index (χ1v) is 10.3. The van der Waals surface area contributed by atoms with Crippen LogP contribution in [-0.2, 0) is 6.42 Å². The lowest BCUT2D eigenvalue weighted by atomic mass is 9.87. The minimum absolute atomic E-state index is 0.0593. The van der Waals surface area contributed by atoms with Gasteiger partial charge in [0.2, 0.25) is 0 Å². The monoisotopic (exact) mass is 432 g/mol. The summed E-state index contributed by atoms with van der Waals surface area (Å²) in [5.74, 6) is 0.988. The molecular weight excluding hydrogens is 408 g/mol. The van der Waals surface area contributed by atoms with E-state index >= 15 is 0 Å². The van der Waals surface area contributed by atoms with E-state index in [1.165, 1.54) is 6.07 Å². The van der Waals surface area contributed by atoms with Crippen LogP contribution < -0.4 is 9.47 Å². The van der Waals surface area contributed by atoms with Crippen molar-refractivity contribution in [1.82, 2.24) is 4.90 Å². The number of amides is 1. The van der Waals surface area contributed by atoms with Crippen LogP contribution in [-0.4, -0.2) is 36.5 Å². The Kier molecular flexibility index (Phi) is 5.81. The smallest absolute Gasteiger partial charge is 0.273 e. The molecule has 4 rings (SSSR count). The third kappa shape index (κ3) is 3.77. The molecule has 0 spiro atoms. The lowest BCUT2D eigenvalue weighted by molar-refractivity contribution is -0.385. The van der Waals surface area contributed by atoms with E-state index in [4.69, 9.17) is 9.47 Å². The minimum Gasteiger partial charge on any atom is -0.493 e. The fourth-order valence-electron chi connectivity index (χ4n) is 4.26. The zero-order valence-corrected chi connectivity index (χ0v) is 18.2. The highest BCUT2D eigenvalue weighted by Gasteiger charge is 2.34. The largest absolute Gasteiger partial charge is 0.493 e. The maximum absolute atomic E-state index is 13.6. The van der Waals surface area contributed by atoms with Crippen LogP contribution >= 0.6 is 0 Å². The van der Waals surface area contributed by atoms with Gasteiger partial charge in [-0.3, -0.25) is 14.9 Å². The van der Waals surface area contributed by atoms with E-state index in [-0.39, 0.29) is 17.6 Å². The second-order valence-electron chi connectivity index (χ2n) is 7.73. The molecule has 0 aliphatic carbocycles. The van der Waals surface area contributed by atoms with Gasteiger partial charge in [-0.25, -0.2) is 0 Å². The predicted octanol–water partition coefficient (Wildman–Crippen LogP) is 4.71. The van der Waals surface area contributed by atoms with E-state index in [2.05, 4.69) is 0 Å². The molecule has 164 valence electrons. The summed E-state index contributed by atoms with van der Waals surface area (Å²) in [6, 6.07) is 17.9. The van der Waals surface area contributed by atoms with Crippen molar-refractivity contribution in [3.8, 4) is 11.5 Å². The lowest BCUT2D eigenvalue weighted by Gasteiger charge is -2.38. The molecule has 3 aromatic rings. The number of carbonyl (C=O) groups is 1. The van der Waals surface area contributed by atoms with Gasteiger partial charge in [-0.2, -0.15) is 0 Å². The van der Waals surface area contributed by atoms with Crippen LogP contribution in [0.2, 0.25) is 0 Å². The number of rotatable bonds is 5. The Bertz CT molecular complexity index is 1180. The molecule has 7 nitrogen and oxygen atoms in total. The summed E-state index contributed by atoms with van der Waals surface area (Å²) in [4.78, 5) is 26.3. The molecule has 1 aliphatic heterocycles. The first kappa shape index (κ1) is 21.4. The van der Waals surface area contributed by atoms with Gasteiger partial charge >= 0.3 is 0 Å². The van der Waals surface area contributed by atoms with Crippen LogP contribution in [0.1, 0.15) is 38.7 Å². The number of methoxy groups -OCH3 is 2. The molecule has 0 saturated carbocycles. The van der Waals surface area contributed by atoms with Gasteiger partial charge in [-0.15, -0.1) is 0 Å². The second-order valence-corrected chi connectivity index (χ2v) is 7.73. The van der Waals surface area contributed by atoms with Crippen LogP contribution in [0.25, 0.3) is 0 Å². The van der Waals surface area contributed by atoms with Crippen LogP contribution in [0, 0.1) is 17.0 Å². The standard InChI is InChI=1S/C25H24N2O5/c1-16-9-10-19(13-21(16)27(29)30)25(28)26-12-11-18-14-22(31-2)23(32-3)15-20(18)24(26)17-7-5-4-6-8-17/h4-10,13-15,24H,11-12H2,1-3H3. The van der Waals surface area contributed by atoms with E-state index in [0.717, 1.165) is 16.7 Å². The molecule has 7 heteroatoms. The van der Waals surface area contributed by atoms with Gasteiger partial charge in [0.05, 0.1) is 25.2 Å². The highest BCUT2D eigenvalue weighted by molar-refractivity contribution is 5.95. The Morgan fingerprint density at radius 2 is 1.72 bits per heavy atom. The predicted molar refractivity (Wildman–Crippen MR) is 120 cm³/mol. The number of ether oxygens (including phenoxy) is 2. The van der Waals surface area contributed by atoms with E-state index in [9.17, 15) is 14.9 Å². The second kappa shape index (κ2) is 8.70. The molecule has 0 radical (unpaired) electrons. The molecule has 0 N–H and O–H groups in total. The molecule has 0 fully saturated rings. The fraction of sp³-hybridized carbons (Fsp3) is 0.240. The van der Waals surface area contributed by atoms with Gasteiger partial charge < -0.3 is 14.4 Å². The van der Waals surface area contributed by atoms with Gasteiger partial charge in [-0.1, -0.05) is 36.4 Å². The van der Waals surface area contributed by atoms with Crippen molar-refractivity contribution in [2.75, 3.05) is 20.8 Å². The van der Waals surface area contributed by atoms with E-state index in [1.807, 2.05) is 42.5 Å². The quantitative estimate of drug-likeness (QED) is 0.431. The zero-order valence-electron chi connectivity index (χ0n) is 18.2. The molecule has 1 amide bonds. The van der Waals surface area contributed by atoms with Crippen LogP contribution in [0.4, 0.5) is 5.69 Å². The molecule has 0 bridgehead atoms. The van der Waals surface area contributed by atoms with Crippen molar-refractivity contribution in [3.63, 3.8) is 0 Å². The third-order valence-corrected chi connectivity index (χ3v) is 5.90. The van der Waals surface area contributed by atoms with Gasteiger partial charge in [0, 0.05) is 23.7 Å². The average Bonchev–Trinajstić information content (AvgIpc) is 2.82. The number of nitrogens with zero attached hydrogens (tertiary/aromatic N) is 2. The van der Waals surface area contributed by atoms with Crippen molar-refractivity contribution < 1.29 is 19.2 Å². The lowest BCUT2D eigenvalue weighted by Crippen LogP contribution is -2.40. The van der Waals surface area contributed by atoms with Crippen molar-refractivity contribution in [3.05, 3.63) is 98.6 Å². The summed E-state index contributed by atoms with van der Waals surface area (Å²) in [6.45, 7) is 2.14. The third-order valence-electron chi connectivity index (χ3n) is 5.90. The van der Waals surface area contributed by atoms with Gasteiger partial charge in [0.25, 0.3) is 11.6 Å². The van der Waals surface area contributed by atoms with Crippen molar-refractivity contribution >= 4 is 11.6 Å². The van der Waals surface area contributed by atoms with Crippen LogP contribution in [0.15, 0.2) is 60.7 Å². The molecule has 32 heavy (non-hydrogen) atoms. The summed E-state index contributed by atoms with van der Waals surface area (Å²) in [7, 11) is 3.18. The van der Waals surface area contributed by atoms with Crippen LogP contribution in [0.3, 0.4) is 0 Å². The number of fused-ring (bicyclic) bond motifs is 1. The number of aryl methyl sites for hydroxylation is 1. The Labute approximate surface area is 186 Å². The van der Waals surface area contributed by atoms with Crippen molar-refractivity contribution in [1.29, 1.82) is 0 Å². The number of carbonyl (C=O) groups excluding carboxylic acids is 1. The highest BCUT2D eigenvalue weighted by Crippen LogP contribution is 2.41. The Hall–Kier alpha value is -3.87. The van der Waals surface area contributed by atoms with E-state index < -0.39 is 4.92 Å². The molecule has 1 atom stereocenters. The zero-order chi connectivity index (χ0) is 22.8. The first-order chi connectivity index (χ1) is 15.4. The number of hydrogen-bond donors (Lipinski definition) is 0. The Balaban J connectivity index is 1.83. The number of benzene rings is 3. The molecule has 1 aliphatic rings. The molecule has 1 heterocycles. The summed E-state index contributed by atoms with van der Waals surface area (Å²) in [6.07, 6.45) is 0.638. The number of hydrogen-bond acceptors (Lipinski definition) is 5. The van der Waals surface area contributed by atoms with E-state index in [1.54, 1.807) is 38.2 Å². The molecule has 3 aromatic carbocycles. The van der Waals surface area contributed by atoms with Gasteiger partial charge in [0.1, 0.15) is 0 Å². The normalized spacial score (nSPS) is 15.1.